The van der Waals surface area contributed by atoms with Crippen LogP contribution in [0.5, 0.6) is 0 Å². The molecule has 2 aromatic rings. The number of hydrazine groups is 1. The first-order valence-corrected chi connectivity index (χ1v) is 7.51. The Morgan fingerprint density at radius 3 is 2.38 bits per heavy atom. The molecule has 8 nitrogen and oxygen atoms in total. The summed E-state index contributed by atoms with van der Waals surface area (Å²) in [5, 5.41) is 1.89. The van der Waals surface area contributed by atoms with E-state index in [1.165, 1.54) is 18.7 Å². The maximum absolute atomic E-state index is 12.6. The fraction of sp³-hybridized carbons (Fsp3) is 0.250. The summed E-state index contributed by atoms with van der Waals surface area (Å²) in [6.07, 6.45) is 3.89. The van der Waals surface area contributed by atoms with Crippen molar-refractivity contribution in [3.8, 4) is 0 Å². The Balaban J connectivity index is 1.94. The van der Waals surface area contributed by atoms with E-state index in [9.17, 15) is 14.4 Å². The second-order valence-electron chi connectivity index (χ2n) is 5.35. The molecular weight excluding hydrogens is 312 g/mol. The summed E-state index contributed by atoms with van der Waals surface area (Å²) in [5.41, 5.74) is 0.539. The smallest absolute Gasteiger partial charge is 0.315 e. The molecule has 0 aliphatic carbocycles. The Morgan fingerprint density at radius 2 is 1.88 bits per heavy atom. The largest absolute Gasteiger partial charge is 0.454 e. The van der Waals surface area contributed by atoms with Crippen molar-refractivity contribution in [2.45, 2.75) is 26.3 Å². The summed E-state index contributed by atoms with van der Waals surface area (Å²) in [5.74, 6) is -1.09. The highest BCUT2D eigenvalue weighted by atomic mass is 16.7. The molecule has 1 aliphatic rings. The van der Waals surface area contributed by atoms with Crippen LogP contribution < -0.4 is 4.84 Å². The van der Waals surface area contributed by atoms with E-state index in [0.29, 0.717) is 6.42 Å². The molecule has 0 fully saturated rings. The van der Waals surface area contributed by atoms with Gasteiger partial charge >= 0.3 is 6.09 Å². The third-order valence-electron chi connectivity index (χ3n) is 3.85. The number of rotatable bonds is 4. The third-order valence-corrected chi connectivity index (χ3v) is 3.85. The van der Waals surface area contributed by atoms with Crippen LogP contribution in [0.4, 0.5) is 4.79 Å². The minimum Gasteiger partial charge on any atom is -0.315 e. The number of hydrogen-bond acceptors (Lipinski definition) is 5. The number of hydrogen-bond donors (Lipinski definition) is 0. The normalized spacial score (nSPS) is 14.5. The van der Waals surface area contributed by atoms with Crippen molar-refractivity contribution >= 4 is 17.9 Å². The van der Waals surface area contributed by atoms with Gasteiger partial charge in [-0.2, -0.15) is 9.74 Å². The van der Waals surface area contributed by atoms with E-state index in [0.717, 1.165) is 14.7 Å². The Hall–Kier alpha value is -3.16. The van der Waals surface area contributed by atoms with E-state index >= 15 is 0 Å². The maximum atomic E-state index is 12.6. The number of amides is 3. The van der Waals surface area contributed by atoms with E-state index in [1.807, 2.05) is 6.92 Å². The predicted molar refractivity (Wildman–Crippen MR) is 82.7 cm³/mol. The summed E-state index contributed by atoms with van der Waals surface area (Å²) in [6.45, 7) is 3.58. The Bertz CT molecular complexity index is 752. The van der Waals surface area contributed by atoms with Crippen molar-refractivity contribution in [3.63, 3.8) is 0 Å². The lowest BCUT2D eigenvalue weighted by molar-refractivity contribution is -0.0203. The van der Waals surface area contributed by atoms with Gasteiger partial charge in [0.05, 0.1) is 23.4 Å². The number of nitrogens with zero attached hydrogens (tertiary/aromatic N) is 4. The molecular formula is C16H16N4O4. The topological polar surface area (TPSA) is 84.7 Å². The zero-order chi connectivity index (χ0) is 17.3. The Kier molecular flexibility index (Phi) is 4.03. The van der Waals surface area contributed by atoms with Crippen molar-refractivity contribution in [1.29, 1.82) is 0 Å². The average molecular weight is 328 g/mol. The van der Waals surface area contributed by atoms with Gasteiger partial charge in [0.2, 0.25) is 0 Å². The molecule has 1 aromatic carbocycles. The van der Waals surface area contributed by atoms with Crippen LogP contribution in [0.25, 0.3) is 0 Å². The zero-order valence-electron chi connectivity index (χ0n) is 13.2. The number of carbonyl (C=O) groups is 3. The lowest BCUT2D eigenvalue weighted by atomic mass is 10.1. The minimum absolute atomic E-state index is 0.270. The van der Waals surface area contributed by atoms with Gasteiger partial charge in [-0.3, -0.25) is 9.59 Å². The second kappa shape index (κ2) is 6.15. The first kappa shape index (κ1) is 15.7. The van der Waals surface area contributed by atoms with Gasteiger partial charge < -0.3 is 4.84 Å². The van der Waals surface area contributed by atoms with Crippen LogP contribution in [0.2, 0.25) is 0 Å². The zero-order valence-corrected chi connectivity index (χ0v) is 13.2. The monoisotopic (exact) mass is 328 g/mol. The number of aromatic nitrogens is 2. The van der Waals surface area contributed by atoms with Crippen LogP contribution in [-0.4, -0.2) is 43.7 Å². The molecule has 0 saturated heterocycles. The first-order valence-electron chi connectivity index (χ1n) is 7.51. The van der Waals surface area contributed by atoms with Crippen LogP contribution in [-0.2, 0) is 0 Å². The first-order chi connectivity index (χ1) is 11.5. The molecule has 124 valence electrons. The fourth-order valence-corrected chi connectivity index (χ4v) is 2.44. The van der Waals surface area contributed by atoms with Gasteiger partial charge in [0.25, 0.3) is 11.8 Å². The van der Waals surface area contributed by atoms with Gasteiger partial charge in [-0.05, 0) is 25.5 Å². The number of fused-ring (bicyclic) bond motifs is 1. The van der Waals surface area contributed by atoms with E-state index in [1.54, 1.807) is 31.2 Å². The molecule has 0 saturated carbocycles. The molecule has 3 amide bonds. The van der Waals surface area contributed by atoms with Crippen LogP contribution in [0.1, 0.15) is 41.0 Å². The molecule has 2 heterocycles. The van der Waals surface area contributed by atoms with Gasteiger partial charge in [-0.15, -0.1) is 0 Å². The number of imide groups is 1. The second-order valence-corrected chi connectivity index (χ2v) is 5.35. The van der Waals surface area contributed by atoms with Gasteiger partial charge in [-0.25, -0.2) is 14.8 Å². The molecule has 1 aliphatic heterocycles. The van der Waals surface area contributed by atoms with Gasteiger partial charge in [-0.1, -0.05) is 19.1 Å². The van der Waals surface area contributed by atoms with E-state index < -0.39 is 23.9 Å². The van der Waals surface area contributed by atoms with Crippen LogP contribution in [0.15, 0.2) is 43.0 Å². The molecule has 0 N–H and O–H groups in total. The van der Waals surface area contributed by atoms with Gasteiger partial charge in [0.15, 0.2) is 0 Å². The van der Waals surface area contributed by atoms with E-state index in [-0.39, 0.29) is 11.1 Å². The highest BCUT2D eigenvalue weighted by Crippen LogP contribution is 2.26. The summed E-state index contributed by atoms with van der Waals surface area (Å²) in [6, 6.07) is 6.05. The highest BCUT2D eigenvalue weighted by Gasteiger charge is 2.43. The molecule has 8 heteroatoms. The molecule has 0 spiro atoms. The SMILES string of the molecule is CCC(C)N(C(=O)On1ccnc1)N1C(=O)c2ccccc2C1=O. The molecule has 3 rings (SSSR count). The van der Waals surface area contributed by atoms with Crippen molar-refractivity contribution in [3.05, 3.63) is 54.1 Å². The Labute approximate surface area is 138 Å². The molecule has 1 unspecified atom stereocenters. The van der Waals surface area contributed by atoms with Crippen molar-refractivity contribution in [2.75, 3.05) is 0 Å². The lowest BCUT2D eigenvalue weighted by Crippen LogP contribution is -2.55. The third kappa shape index (κ3) is 2.51. The van der Waals surface area contributed by atoms with E-state index in [2.05, 4.69) is 4.98 Å². The van der Waals surface area contributed by atoms with Crippen molar-refractivity contribution in [1.82, 2.24) is 19.7 Å². The summed E-state index contributed by atoms with van der Waals surface area (Å²) >= 11 is 0. The number of carbonyl (C=O) groups excluding carboxylic acids is 3. The average Bonchev–Trinajstić information content (AvgIpc) is 3.18. The van der Waals surface area contributed by atoms with Gasteiger partial charge in [0.1, 0.15) is 6.33 Å². The van der Waals surface area contributed by atoms with Crippen molar-refractivity contribution in [2.24, 2.45) is 0 Å². The Morgan fingerprint density at radius 1 is 1.25 bits per heavy atom. The van der Waals surface area contributed by atoms with E-state index in [4.69, 9.17) is 4.84 Å². The molecule has 1 atom stereocenters. The molecule has 0 bridgehead atoms. The fourth-order valence-electron chi connectivity index (χ4n) is 2.44. The van der Waals surface area contributed by atoms with Crippen LogP contribution in [0.3, 0.4) is 0 Å². The summed E-state index contributed by atoms with van der Waals surface area (Å²) < 4.78 is 1.11. The lowest BCUT2D eigenvalue weighted by Gasteiger charge is -2.33. The van der Waals surface area contributed by atoms with Crippen LogP contribution in [0, 0.1) is 0 Å². The number of benzene rings is 1. The van der Waals surface area contributed by atoms with Gasteiger partial charge in [0, 0.05) is 6.20 Å². The molecule has 1 aromatic heterocycles. The van der Waals surface area contributed by atoms with Crippen LogP contribution >= 0.6 is 0 Å². The predicted octanol–water partition coefficient (Wildman–Crippen LogP) is 1.74. The highest BCUT2D eigenvalue weighted by molar-refractivity contribution is 6.21. The standard InChI is InChI=1S/C16H16N4O4/c1-3-11(2)19(16(23)24-18-9-8-17-10-18)20-14(21)12-6-4-5-7-13(12)15(20)22/h4-11H,3H2,1-2H3. The number of imidazole rings is 1. The minimum atomic E-state index is -0.836. The quantitative estimate of drug-likeness (QED) is 0.798. The summed E-state index contributed by atoms with van der Waals surface area (Å²) in [7, 11) is 0. The summed E-state index contributed by atoms with van der Waals surface area (Å²) in [4.78, 5) is 46.7. The van der Waals surface area contributed by atoms with Crippen molar-refractivity contribution < 1.29 is 19.2 Å². The molecule has 0 radical (unpaired) electrons. The maximum Gasteiger partial charge on any atom is 0.454 e. The molecule has 24 heavy (non-hydrogen) atoms.